The molecule has 1 aromatic carbocycles. The zero-order valence-corrected chi connectivity index (χ0v) is 9.83. The molecular formula is C14H19N. The van der Waals surface area contributed by atoms with E-state index in [1.165, 1.54) is 23.8 Å². The van der Waals surface area contributed by atoms with Crippen molar-refractivity contribution in [3.63, 3.8) is 0 Å². The Morgan fingerprint density at radius 1 is 1.00 bits per heavy atom. The lowest BCUT2D eigenvalue weighted by Crippen LogP contribution is -1.79. The van der Waals surface area contributed by atoms with Gasteiger partial charge in [-0.15, -0.1) is 0 Å². The SMILES string of the molecule is CCCC.Cc1ccnc2ccccc12. The maximum atomic E-state index is 4.24. The van der Waals surface area contributed by atoms with Crippen LogP contribution in [0.15, 0.2) is 36.5 Å². The highest BCUT2D eigenvalue weighted by molar-refractivity contribution is 5.81. The molecule has 0 aliphatic carbocycles. The third-order valence-corrected chi connectivity index (χ3v) is 2.37. The number of aryl methyl sites for hydroxylation is 1. The Morgan fingerprint density at radius 2 is 1.67 bits per heavy atom. The van der Waals surface area contributed by atoms with Crippen molar-refractivity contribution < 1.29 is 0 Å². The summed E-state index contributed by atoms with van der Waals surface area (Å²) in [7, 11) is 0. The highest BCUT2D eigenvalue weighted by atomic mass is 14.6. The number of hydrogen-bond acceptors (Lipinski definition) is 1. The Hall–Kier alpha value is -1.37. The summed E-state index contributed by atoms with van der Waals surface area (Å²) in [4.78, 5) is 4.24. The Kier molecular flexibility index (Phi) is 4.82. The second-order valence-corrected chi connectivity index (χ2v) is 3.64. The molecule has 0 unspecified atom stereocenters. The summed E-state index contributed by atoms with van der Waals surface area (Å²) in [5, 5.41) is 1.25. The fraction of sp³-hybridized carbons (Fsp3) is 0.357. The molecule has 1 heterocycles. The fourth-order valence-corrected chi connectivity index (χ4v) is 1.24. The van der Waals surface area contributed by atoms with Gasteiger partial charge in [-0.3, -0.25) is 4.98 Å². The predicted molar refractivity (Wildman–Crippen MR) is 67.1 cm³/mol. The normalized spacial score (nSPS) is 9.53. The molecule has 0 saturated carbocycles. The number of pyridine rings is 1. The number of benzene rings is 1. The summed E-state index contributed by atoms with van der Waals surface area (Å²) >= 11 is 0. The molecule has 0 spiro atoms. The first-order valence-corrected chi connectivity index (χ1v) is 5.60. The van der Waals surface area contributed by atoms with Crippen molar-refractivity contribution in [2.45, 2.75) is 33.6 Å². The van der Waals surface area contributed by atoms with E-state index in [0.29, 0.717) is 0 Å². The molecule has 0 atom stereocenters. The van der Waals surface area contributed by atoms with E-state index in [4.69, 9.17) is 0 Å². The van der Waals surface area contributed by atoms with Crippen LogP contribution in [0.25, 0.3) is 10.9 Å². The quantitative estimate of drug-likeness (QED) is 0.668. The average molecular weight is 201 g/mol. The summed E-state index contributed by atoms with van der Waals surface area (Å²) in [6, 6.07) is 10.2. The molecule has 2 aromatic rings. The van der Waals surface area contributed by atoms with Gasteiger partial charge in [-0.2, -0.15) is 0 Å². The maximum Gasteiger partial charge on any atom is 0.0704 e. The minimum atomic E-state index is 1.08. The summed E-state index contributed by atoms with van der Waals surface area (Å²) in [6.07, 6.45) is 4.48. The Morgan fingerprint density at radius 3 is 2.27 bits per heavy atom. The number of rotatable bonds is 1. The molecule has 0 aliphatic rings. The van der Waals surface area contributed by atoms with Crippen LogP contribution in [0.1, 0.15) is 32.3 Å². The molecule has 80 valence electrons. The van der Waals surface area contributed by atoms with Crippen LogP contribution in [0.2, 0.25) is 0 Å². The summed E-state index contributed by atoms with van der Waals surface area (Å²) in [5.41, 5.74) is 2.36. The largest absolute Gasteiger partial charge is 0.256 e. The van der Waals surface area contributed by atoms with Gasteiger partial charge in [0, 0.05) is 11.6 Å². The maximum absolute atomic E-state index is 4.24. The minimum Gasteiger partial charge on any atom is -0.256 e. The molecule has 1 nitrogen and oxygen atoms in total. The molecular weight excluding hydrogens is 182 g/mol. The van der Waals surface area contributed by atoms with Gasteiger partial charge >= 0.3 is 0 Å². The van der Waals surface area contributed by atoms with Crippen LogP contribution in [-0.2, 0) is 0 Å². The lowest BCUT2D eigenvalue weighted by Gasteiger charge is -1.97. The Balaban J connectivity index is 0.000000245. The van der Waals surface area contributed by atoms with Gasteiger partial charge in [0.1, 0.15) is 0 Å². The van der Waals surface area contributed by atoms with E-state index in [-0.39, 0.29) is 0 Å². The average Bonchev–Trinajstić information content (AvgIpc) is 2.30. The molecule has 0 N–H and O–H groups in total. The first-order chi connectivity index (χ1) is 7.29. The topological polar surface area (TPSA) is 12.9 Å². The van der Waals surface area contributed by atoms with Crippen LogP contribution >= 0.6 is 0 Å². The minimum absolute atomic E-state index is 1.08. The van der Waals surface area contributed by atoms with Gasteiger partial charge in [-0.25, -0.2) is 0 Å². The molecule has 0 fully saturated rings. The van der Waals surface area contributed by atoms with Gasteiger partial charge in [0.25, 0.3) is 0 Å². The van der Waals surface area contributed by atoms with Gasteiger partial charge in [0.2, 0.25) is 0 Å². The highest BCUT2D eigenvalue weighted by Gasteiger charge is 1.93. The number of unbranched alkanes of at least 4 members (excludes halogenated alkanes) is 1. The van der Waals surface area contributed by atoms with E-state index in [1.807, 2.05) is 30.5 Å². The van der Waals surface area contributed by atoms with Crippen LogP contribution in [0.5, 0.6) is 0 Å². The summed E-state index contributed by atoms with van der Waals surface area (Å²) in [5.74, 6) is 0. The van der Waals surface area contributed by atoms with Crippen molar-refractivity contribution in [1.29, 1.82) is 0 Å². The van der Waals surface area contributed by atoms with Crippen molar-refractivity contribution in [1.82, 2.24) is 4.98 Å². The Labute approximate surface area is 92.2 Å². The zero-order chi connectivity index (χ0) is 11.1. The Bertz CT molecular complexity index is 400. The lowest BCUT2D eigenvalue weighted by atomic mass is 10.1. The van der Waals surface area contributed by atoms with Gasteiger partial charge < -0.3 is 0 Å². The fourth-order valence-electron chi connectivity index (χ4n) is 1.24. The lowest BCUT2D eigenvalue weighted by molar-refractivity contribution is 0.886. The van der Waals surface area contributed by atoms with Crippen molar-refractivity contribution in [3.05, 3.63) is 42.1 Å². The van der Waals surface area contributed by atoms with Crippen LogP contribution < -0.4 is 0 Å². The third-order valence-electron chi connectivity index (χ3n) is 2.37. The summed E-state index contributed by atoms with van der Waals surface area (Å²) in [6.45, 7) is 6.46. The monoisotopic (exact) mass is 201 g/mol. The van der Waals surface area contributed by atoms with Crippen molar-refractivity contribution >= 4 is 10.9 Å². The van der Waals surface area contributed by atoms with Gasteiger partial charge in [0.05, 0.1) is 5.52 Å². The highest BCUT2D eigenvalue weighted by Crippen LogP contribution is 2.13. The van der Waals surface area contributed by atoms with Gasteiger partial charge in [0.15, 0.2) is 0 Å². The third kappa shape index (κ3) is 3.35. The molecule has 1 heteroatoms. The van der Waals surface area contributed by atoms with Crippen molar-refractivity contribution in [2.24, 2.45) is 0 Å². The molecule has 0 amide bonds. The van der Waals surface area contributed by atoms with Crippen LogP contribution in [0.4, 0.5) is 0 Å². The second-order valence-electron chi connectivity index (χ2n) is 3.64. The molecule has 15 heavy (non-hydrogen) atoms. The first-order valence-electron chi connectivity index (χ1n) is 5.60. The van der Waals surface area contributed by atoms with Crippen molar-refractivity contribution in [3.8, 4) is 0 Å². The second kappa shape index (κ2) is 6.18. The van der Waals surface area contributed by atoms with E-state index in [9.17, 15) is 0 Å². The number of hydrogen-bond donors (Lipinski definition) is 0. The molecule has 2 rings (SSSR count). The molecule has 1 aromatic heterocycles. The number of para-hydroxylation sites is 1. The van der Waals surface area contributed by atoms with E-state index < -0.39 is 0 Å². The van der Waals surface area contributed by atoms with Crippen LogP contribution in [0.3, 0.4) is 0 Å². The van der Waals surface area contributed by atoms with Crippen LogP contribution in [-0.4, -0.2) is 4.98 Å². The van der Waals surface area contributed by atoms with E-state index in [0.717, 1.165) is 5.52 Å². The van der Waals surface area contributed by atoms with Crippen molar-refractivity contribution in [2.75, 3.05) is 0 Å². The predicted octanol–water partition coefficient (Wildman–Crippen LogP) is 4.35. The van der Waals surface area contributed by atoms with Crippen LogP contribution in [0, 0.1) is 6.92 Å². The number of nitrogens with zero attached hydrogens (tertiary/aromatic N) is 1. The first kappa shape index (κ1) is 11.7. The van der Waals surface area contributed by atoms with E-state index in [1.54, 1.807) is 0 Å². The zero-order valence-electron chi connectivity index (χ0n) is 9.83. The number of fused-ring (bicyclic) bond motifs is 1. The molecule has 0 bridgehead atoms. The molecule has 0 radical (unpaired) electrons. The van der Waals surface area contributed by atoms with Gasteiger partial charge in [-0.1, -0.05) is 44.9 Å². The smallest absolute Gasteiger partial charge is 0.0704 e. The standard InChI is InChI=1S/C10H9N.C4H10/c1-8-6-7-11-10-5-3-2-4-9(8)10;1-3-4-2/h2-7H,1H3;3-4H2,1-2H3. The molecule has 0 aliphatic heterocycles. The van der Waals surface area contributed by atoms with E-state index >= 15 is 0 Å². The molecule has 0 saturated heterocycles. The number of aromatic nitrogens is 1. The van der Waals surface area contributed by atoms with Gasteiger partial charge in [-0.05, 0) is 24.6 Å². The summed E-state index contributed by atoms with van der Waals surface area (Å²) < 4.78 is 0. The van der Waals surface area contributed by atoms with E-state index in [2.05, 4.69) is 31.8 Å².